The van der Waals surface area contributed by atoms with Crippen LogP contribution in [0.4, 0.5) is 4.39 Å². The van der Waals surface area contributed by atoms with Gasteiger partial charge in [0, 0.05) is 12.1 Å². The number of likely N-dealkylation sites (tertiary alicyclic amines) is 1. The fourth-order valence-electron chi connectivity index (χ4n) is 4.54. The molecule has 1 N–H and O–H groups in total. The highest BCUT2D eigenvalue weighted by Crippen LogP contribution is 2.40. The SMILES string of the molecule is CCCCCOc1cccc(C2C(=C(O)c3ccc(F)cc3)C(=O)C(=O)N2CCCN(CC)CC)c1. The van der Waals surface area contributed by atoms with Crippen LogP contribution in [0.15, 0.2) is 54.1 Å². The van der Waals surface area contributed by atoms with Crippen LogP contribution in [-0.4, -0.2) is 59.4 Å². The zero-order chi connectivity index (χ0) is 26.1. The molecule has 6 nitrogen and oxygen atoms in total. The Morgan fingerprint density at radius 1 is 1.03 bits per heavy atom. The average Bonchev–Trinajstić information content (AvgIpc) is 3.14. The third-order valence-electron chi connectivity index (χ3n) is 6.62. The predicted molar refractivity (Wildman–Crippen MR) is 139 cm³/mol. The normalized spacial score (nSPS) is 17.2. The molecule has 1 heterocycles. The summed E-state index contributed by atoms with van der Waals surface area (Å²) in [4.78, 5) is 30.2. The van der Waals surface area contributed by atoms with Crippen LogP contribution in [0.3, 0.4) is 0 Å². The molecule has 0 aliphatic carbocycles. The van der Waals surface area contributed by atoms with E-state index in [2.05, 4.69) is 25.7 Å². The van der Waals surface area contributed by atoms with Gasteiger partial charge in [-0.2, -0.15) is 0 Å². The van der Waals surface area contributed by atoms with E-state index in [-0.39, 0.29) is 16.9 Å². The topological polar surface area (TPSA) is 70.1 Å². The number of hydrogen-bond acceptors (Lipinski definition) is 5. The Morgan fingerprint density at radius 3 is 2.42 bits per heavy atom. The van der Waals surface area contributed by atoms with Gasteiger partial charge in [-0.25, -0.2) is 4.39 Å². The predicted octanol–water partition coefficient (Wildman–Crippen LogP) is 5.55. The lowest BCUT2D eigenvalue weighted by atomic mass is 9.95. The molecule has 1 unspecified atom stereocenters. The van der Waals surface area contributed by atoms with Gasteiger partial charge in [-0.3, -0.25) is 9.59 Å². The fourth-order valence-corrected chi connectivity index (χ4v) is 4.54. The number of unbranched alkanes of at least 4 members (excludes halogenated alkanes) is 2. The number of Topliss-reactive ketones (excluding diaryl/α,β-unsaturated/α-hetero) is 1. The van der Waals surface area contributed by atoms with E-state index >= 15 is 0 Å². The number of halogens is 1. The van der Waals surface area contributed by atoms with Gasteiger partial charge in [0.1, 0.15) is 17.3 Å². The lowest BCUT2D eigenvalue weighted by Gasteiger charge is -2.27. The van der Waals surface area contributed by atoms with E-state index in [1.807, 2.05) is 24.3 Å². The van der Waals surface area contributed by atoms with Crippen LogP contribution in [0.5, 0.6) is 5.75 Å². The quantitative estimate of drug-likeness (QED) is 0.170. The number of amides is 1. The Bertz CT molecular complexity index is 1060. The lowest BCUT2D eigenvalue weighted by Crippen LogP contribution is -2.33. The minimum Gasteiger partial charge on any atom is -0.507 e. The number of nitrogens with zero attached hydrogens (tertiary/aromatic N) is 2. The van der Waals surface area contributed by atoms with Gasteiger partial charge in [0.15, 0.2) is 0 Å². The number of carbonyl (C=O) groups excluding carboxylic acids is 2. The highest BCUT2D eigenvalue weighted by atomic mass is 19.1. The molecule has 194 valence electrons. The lowest BCUT2D eigenvalue weighted by molar-refractivity contribution is -0.140. The highest BCUT2D eigenvalue weighted by Gasteiger charge is 2.45. The number of carbonyl (C=O) groups is 2. The van der Waals surface area contributed by atoms with E-state index in [1.165, 1.54) is 29.2 Å². The zero-order valence-corrected chi connectivity index (χ0v) is 21.5. The Balaban J connectivity index is 1.98. The van der Waals surface area contributed by atoms with Crippen molar-refractivity contribution in [2.24, 2.45) is 0 Å². The maximum Gasteiger partial charge on any atom is 0.295 e. The van der Waals surface area contributed by atoms with Gasteiger partial charge >= 0.3 is 0 Å². The first-order valence-electron chi connectivity index (χ1n) is 12.9. The van der Waals surface area contributed by atoms with E-state index in [1.54, 1.807) is 0 Å². The molecule has 2 aromatic carbocycles. The van der Waals surface area contributed by atoms with Crippen molar-refractivity contribution in [3.05, 3.63) is 71.0 Å². The number of rotatable bonds is 13. The number of aliphatic hydroxyl groups excluding tert-OH is 1. The van der Waals surface area contributed by atoms with E-state index in [4.69, 9.17) is 4.74 Å². The summed E-state index contributed by atoms with van der Waals surface area (Å²) in [5, 5.41) is 11.1. The number of ether oxygens (including phenoxy) is 1. The minimum atomic E-state index is -0.758. The summed E-state index contributed by atoms with van der Waals surface area (Å²) in [7, 11) is 0. The largest absolute Gasteiger partial charge is 0.507 e. The van der Waals surface area contributed by atoms with Crippen LogP contribution >= 0.6 is 0 Å². The molecule has 1 atom stereocenters. The van der Waals surface area contributed by atoms with Crippen LogP contribution in [-0.2, 0) is 9.59 Å². The van der Waals surface area contributed by atoms with Crippen molar-refractivity contribution in [1.29, 1.82) is 0 Å². The van der Waals surface area contributed by atoms with Gasteiger partial charge in [0.25, 0.3) is 11.7 Å². The molecule has 2 aromatic rings. The second-order valence-corrected chi connectivity index (χ2v) is 9.01. The van der Waals surface area contributed by atoms with Gasteiger partial charge < -0.3 is 19.6 Å². The van der Waals surface area contributed by atoms with Gasteiger partial charge in [-0.1, -0.05) is 45.7 Å². The summed E-state index contributed by atoms with van der Waals surface area (Å²) in [5.74, 6) is -1.48. The van der Waals surface area contributed by atoms with Crippen LogP contribution in [0, 0.1) is 5.82 Å². The second-order valence-electron chi connectivity index (χ2n) is 9.01. The van der Waals surface area contributed by atoms with Gasteiger partial charge in [-0.15, -0.1) is 0 Å². The Labute approximate surface area is 213 Å². The molecular weight excluding hydrogens is 459 g/mol. The highest BCUT2D eigenvalue weighted by molar-refractivity contribution is 6.46. The summed E-state index contributed by atoms with van der Waals surface area (Å²) in [5.41, 5.74) is 0.987. The van der Waals surface area contributed by atoms with Crippen molar-refractivity contribution in [3.63, 3.8) is 0 Å². The molecule has 1 aliphatic rings. The maximum absolute atomic E-state index is 13.5. The van der Waals surface area contributed by atoms with Gasteiger partial charge in [-0.05, 0) is 74.4 Å². The average molecular weight is 497 g/mol. The Hall–Kier alpha value is -3.19. The number of hydrogen-bond donors (Lipinski definition) is 1. The molecular formula is C29H37FN2O4. The summed E-state index contributed by atoms with van der Waals surface area (Å²) in [6, 6.07) is 11.8. The first kappa shape index (κ1) is 27.4. The summed E-state index contributed by atoms with van der Waals surface area (Å²) >= 11 is 0. The number of ketones is 1. The summed E-state index contributed by atoms with van der Waals surface area (Å²) in [6.07, 6.45) is 3.79. The molecule has 1 amide bonds. The third-order valence-corrected chi connectivity index (χ3v) is 6.62. The fraction of sp³-hybridized carbons (Fsp3) is 0.448. The molecule has 36 heavy (non-hydrogen) atoms. The Kier molecular flexibility index (Phi) is 10.1. The van der Waals surface area contributed by atoms with Crippen molar-refractivity contribution in [2.45, 2.75) is 52.5 Å². The maximum atomic E-state index is 13.5. The molecule has 1 aliphatic heterocycles. The van der Waals surface area contributed by atoms with E-state index in [0.717, 1.165) is 38.9 Å². The number of benzene rings is 2. The van der Waals surface area contributed by atoms with E-state index in [0.29, 0.717) is 30.9 Å². The smallest absolute Gasteiger partial charge is 0.295 e. The molecule has 3 rings (SSSR count). The standard InChI is InChI=1S/C29H37FN2O4/c1-4-7-8-19-36-24-12-9-11-22(20-24)26-25(27(33)21-13-15-23(30)16-14-21)28(34)29(35)32(26)18-10-17-31(5-2)6-3/h9,11-16,20,26,33H,4-8,10,17-19H2,1-3H3. The van der Waals surface area contributed by atoms with E-state index < -0.39 is 23.5 Å². The minimum absolute atomic E-state index is 0.0116. The molecule has 7 heteroatoms. The van der Waals surface area contributed by atoms with Gasteiger partial charge in [0.2, 0.25) is 0 Å². The molecule has 0 aromatic heterocycles. The third kappa shape index (κ3) is 6.52. The van der Waals surface area contributed by atoms with Crippen LogP contribution in [0.1, 0.15) is 63.6 Å². The van der Waals surface area contributed by atoms with Crippen LogP contribution in [0.25, 0.3) is 5.76 Å². The molecule has 0 radical (unpaired) electrons. The molecule has 0 spiro atoms. The molecule has 0 bridgehead atoms. The number of aliphatic hydroxyl groups is 1. The van der Waals surface area contributed by atoms with Crippen molar-refractivity contribution < 1.29 is 23.8 Å². The van der Waals surface area contributed by atoms with E-state index in [9.17, 15) is 19.1 Å². The molecule has 0 saturated carbocycles. The van der Waals surface area contributed by atoms with Crippen molar-refractivity contribution >= 4 is 17.4 Å². The van der Waals surface area contributed by atoms with Gasteiger partial charge in [0.05, 0.1) is 18.2 Å². The van der Waals surface area contributed by atoms with Crippen LogP contribution < -0.4 is 4.74 Å². The first-order valence-corrected chi connectivity index (χ1v) is 12.9. The van der Waals surface area contributed by atoms with Crippen molar-refractivity contribution in [2.75, 3.05) is 32.8 Å². The molecule has 1 fully saturated rings. The molecule has 1 saturated heterocycles. The monoisotopic (exact) mass is 496 g/mol. The van der Waals surface area contributed by atoms with Crippen LogP contribution in [0.2, 0.25) is 0 Å². The summed E-state index contributed by atoms with van der Waals surface area (Å²) < 4.78 is 19.4. The zero-order valence-electron chi connectivity index (χ0n) is 21.5. The summed E-state index contributed by atoms with van der Waals surface area (Å²) in [6.45, 7) is 9.85. The second kappa shape index (κ2) is 13.2. The Morgan fingerprint density at radius 2 is 1.75 bits per heavy atom. The van der Waals surface area contributed by atoms with Crippen molar-refractivity contribution in [3.8, 4) is 5.75 Å². The van der Waals surface area contributed by atoms with Crippen molar-refractivity contribution in [1.82, 2.24) is 9.80 Å². The first-order chi connectivity index (χ1) is 17.4.